The fourth-order valence-electron chi connectivity index (χ4n) is 2.82. The molecule has 3 nitrogen and oxygen atoms in total. The molecule has 1 N–H and O–H groups in total. The number of aryl methyl sites for hydroxylation is 1. The van der Waals surface area contributed by atoms with E-state index in [1.54, 1.807) is 16.7 Å². The van der Waals surface area contributed by atoms with Gasteiger partial charge in [-0.1, -0.05) is 17.7 Å². The molecule has 1 atom stereocenters. The van der Waals surface area contributed by atoms with Gasteiger partial charge in [-0.2, -0.15) is 11.8 Å². The van der Waals surface area contributed by atoms with E-state index in [1.165, 1.54) is 6.07 Å². The van der Waals surface area contributed by atoms with Gasteiger partial charge in [-0.05, 0) is 43.7 Å². The average molecular weight is 362 g/mol. The lowest BCUT2D eigenvalue weighted by molar-refractivity contribution is 0.215. The first-order valence-electron chi connectivity index (χ1n) is 8.22. The largest absolute Gasteiger partial charge is 0.324 e. The second-order valence-electron chi connectivity index (χ2n) is 6.10. The number of hydrogen-bond donors (Lipinski definition) is 1. The van der Waals surface area contributed by atoms with Crippen LogP contribution in [0.2, 0.25) is 0 Å². The van der Waals surface area contributed by atoms with Gasteiger partial charge in [0.05, 0.1) is 0 Å². The summed E-state index contributed by atoms with van der Waals surface area (Å²) in [7, 11) is 0. The van der Waals surface area contributed by atoms with Crippen LogP contribution in [-0.2, 0) is 0 Å². The van der Waals surface area contributed by atoms with E-state index < -0.39 is 11.6 Å². The summed E-state index contributed by atoms with van der Waals surface area (Å²) in [5, 5.41) is 2.74. The van der Waals surface area contributed by atoms with Gasteiger partial charge in [-0.25, -0.2) is 13.6 Å². The van der Waals surface area contributed by atoms with E-state index in [0.29, 0.717) is 30.8 Å². The van der Waals surface area contributed by atoms with Crippen molar-refractivity contribution in [3.05, 3.63) is 65.2 Å². The summed E-state index contributed by atoms with van der Waals surface area (Å²) in [6, 6.07) is 11.0. The van der Waals surface area contributed by atoms with Gasteiger partial charge in [0.15, 0.2) is 0 Å². The van der Waals surface area contributed by atoms with Crippen LogP contribution in [0.15, 0.2) is 42.5 Å². The summed E-state index contributed by atoms with van der Waals surface area (Å²) in [6.45, 7) is 3.07. The summed E-state index contributed by atoms with van der Waals surface area (Å²) in [6.07, 6.45) is 0.590. The quantitative estimate of drug-likeness (QED) is 0.817. The molecule has 1 unspecified atom stereocenters. The topological polar surface area (TPSA) is 32.3 Å². The first-order chi connectivity index (χ1) is 12.0. The van der Waals surface area contributed by atoms with Crippen LogP contribution in [0.25, 0.3) is 0 Å². The molecule has 1 aliphatic heterocycles. The van der Waals surface area contributed by atoms with Crippen LogP contribution in [0, 0.1) is 18.6 Å². The normalized spacial score (nSPS) is 17.9. The number of carbonyl (C=O) groups is 1. The Bertz CT molecular complexity index is 752. The van der Waals surface area contributed by atoms with E-state index in [4.69, 9.17) is 0 Å². The van der Waals surface area contributed by atoms with Crippen LogP contribution in [0.5, 0.6) is 0 Å². The van der Waals surface area contributed by atoms with Crippen molar-refractivity contribution in [1.82, 2.24) is 4.90 Å². The van der Waals surface area contributed by atoms with Crippen molar-refractivity contribution in [2.75, 3.05) is 24.2 Å². The first-order valence-corrected chi connectivity index (χ1v) is 9.27. The molecule has 6 heteroatoms. The number of hydrogen-bond acceptors (Lipinski definition) is 2. The molecule has 2 aromatic rings. The van der Waals surface area contributed by atoms with Crippen LogP contribution < -0.4 is 5.32 Å². The second-order valence-corrected chi connectivity index (χ2v) is 7.41. The van der Waals surface area contributed by atoms with E-state index in [1.807, 2.05) is 31.2 Å². The van der Waals surface area contributed by atoms with E-state index >= 15 is 0 Å². The Balaban J connectivity index is 1.63. The third kappa shape index (κ3) is 4.51. The van der Waals surface area contributed by atoms with Crippen LogP contribution in [0.4, 0.5) is 19.3 Å². The summed E-state index contributed by atoms with van der Waals surface area (Å²) in [4.78, 5) is 14.2. The summed E-state index contributed by atoms with van der Waals surface area (Å²) in [5.41, 5.74) is 2.26. The lowest BCUT2D eigenvalue weighted by Gasteiger charge is -2.21. The van der Waals surface area contributed by atoms with Crippen molar-refractivity contribution in [1.29, 1.82) is 0 Å². The monoisotopic (exact) mass is 362 g/mol. The molecule has 2 amide bonds. The highest BCUT2D eigenvalue weighted by Gasteiger charge is 2.24. The average Bonchev–Trinajstić information content (AvgIpc) is 2.85. The standard InChI is InChI=1S/C19H20F2N2OS/c1-13-2-5-15(6-3-13)22-19(24)23-9-8-18(25-11-10-23)16-12-14(20)4-7-17(16)21/h2-7,12,18H,8-11H2,1H3,(H,22,24). The molecule has 25 heavy (non-hydrogen) atoms. The molecular weight excluding hydrogens is 342 g/mol. The van der Waals surface area contributed by atoms with Crippen molar-refractivity contribution >= 4 is 23.5 Å². The third-order valence-electron chi connectivity index (χ3n) is 4.24. The smallest absolute Gasteiger partial charge is 0.321 e. The molecule has 2 aromatic carbocycles. The molecule has 0 aromatic heterocycles. The van der Waals surface area contributed by atoms with Crippen molar-refractivity contribution in [2.45, 2.75) is 18.6 Å². The molecular formula is C19H20F2N2OS. The van der Waals surface area contributed by atoms with Crippen molar-refractivity contribution in [3.63, 3.8) is 0 Å². The number of rotatable bonds is 2. The number of thioether (sulfide) groups is 1. The SMILES string of the molecule is Cc1ccc(NC(=O)N2CCSC(c3cc(F)ccc3F)CC2)cc1. The molecule has 0 radical (unpaired) electrons. The van der Waals surface area contributed by atoms with Crippen molar-refractivity contribution in [3.8, 4) is 0 Å². The van der Waals surface area contributed by atoms with Crippen molar-refractivity contribution in [2.24, 2.45) is 0 Å². The molecule has 0 saturated carbocycles. The maximum Gasteiger partial charge on any atom is 0.321 e. The fourth-order valence-corrected chi connectivity index (χ4v) is 4.07. The molecule has 0 spiro atoms. The molecule has 1 aliphatic rings. The molecule has 1 heterocycles. The number of carbonyl (C=O) groups excluding carboxylic acids is 1. The Morgan fingerprint density at radius 2 is 1.92 bits per heavy atom. The van der Waals surface area contributed by atoms with E-state index in [0.717, 1.165) is 23.4 Å². The second kappa shape index (κ2) is 7.87. The van der Waals surface area contributed by atoms with E-state index in [9.17, 15) is 13.6 Å². The minimum Gasteiger partial charge on any atom is -0.324 e. The number of halogens is 2. The predicted octanol–water partition coefficient (Wildman–Crippen LogP) is 4.99. The maximum atomic E-state index is 14.0. The summed E-state index contributed by atoms with van der Waals surface area (Å²) < 4.78 is 27.4. The zero-order valence-electron chi connectivity index (χ0n) is 14.0. The maximum absolute atomic E-state index is 14.0. The highest BCUT2D eigenvalue weighted by Crippen LogP contribution is 2.36. The number of amides is 2. The van der Waals surface area contributed by atoms with Gasteiger partial charge in [0.25, 0.3) is 0 Å². The van der Waals surface area contributed by atoms with Crippen LogP contribution in [0.1, 0.15) is 22.8 Å². The van der Waals surface area contributed by atoms with Crippen LogP contribution in [0.3, 0.4) is 0 Å². The summed E-state index contributed by atoms with van der Waals surface area (Å²) >= 11 is 1.56. The zero-order valence-corrected chi connectivity index (χ0v) is 14.8. The van der Waals surface area contributed by atoms with Crippen LogP contribution in [-0.4, -0.2) is 29.8 Å². The Labute approximate surface area is 150 Å². The highest BCUT2D eigenvalue weighted by molar-refractivity contribution is 7.99. The molecule has 132 valence electrons. The van der Waals surface area contributed by atoms with Crippen molar-refractivity contribution < 1.29 is 13.6 Å². The number of urea groups is 1. The fraction of sp³-hybridized carbons (Fsp3) is 0.316. The molecule has 1 saturated heterocycles. The number of anilines is 1. The van der Waals surface area contributed by atoms with E-state index in [2.05, 4.69) is 5.32 Å². The van der Waals surface area contributed by atoms with Gasteiger partial charge in [-0.3, -0.25) is 0 Å². The van der Waals surface area contributed by atoms with Gasteiger partial charge in [0.2, 0.25) is 0 Å². The van der Waals surface area contributed by atoms with Gasteiger partial charge in [0.1, 0.15) is 11.6 Å². The minimum atomic E-state index is -0.435. The zero-order chi connectivity index (χ0) is 17.8. The lowest BCUT2D eigenvalue weighted by Crippen LogP contribution is -2.36. The number of benzene rings is 2. The Morgan fingerprint density at radius 3 is 2.68 bits per heavy atom. The molecule has 1 fully saturated rings. The number of nitrogens with one attached hydrogen (secondary N) is 1. The predicted molar refractivity (Wildman–Crippen MR) is 97.9 cm³/mol. The Kier molecular flexibility index (Phi) is 5.58. The molecule has 0 bridgehead atoms. The highest BCUT2D eigenvalue weighted by atomic mass is 32.2. The molecule has 0 aliphatic carbocycles. The summed E-state index contributed by atoms with van der Waals surface area (Å²) in [5.74, 6) is -0.145. The third-order valence-corrected chi connectivity index (χ3v) is 5.55. The van der Waals surface area contributed by atoms with Gasteiger partial charge in [0, 0.05) is 35.3 Å². The Morgan fingerprint density at radius 1 is 1.16 bits per heavy atom. The lowest BCUT2D eigenvalue weighted by atomic mass is 10.1. The first kappa shape index (κ1) is 17.7. The minimum absolute atomic E-state index is 0.145. The molecule has 3 rings (SSSR count). The van der Waals surface area contributed by atoms with E-state index in [-0.39, 0.29) is 11.3 Å². The Hall–Kier alpha value is -2.08. The number of nitrogens with zero attached hydrogens (tertiary/aromatic N) is 1. The van der Waals surface area contributed by atoms with Gasteiger partial charge in [-0.15, -0.1) is 0 Å². The van der Waals surface area contributed by atoms with Gasteiger partial charge >= 0.3 is 6.03 Å². The van der Waals surface area contributed by atoms with Gasteiger partial charge < -0.3 is 10.2 Å². The van der Waals surface area contributed by atoms with Crippen LogP contribution >= 0.6 is 11.8 Å².